The largest absolute Gasteiger partial charge is 0.497 e. The van der Waals surface area contributed by atoms with Crippen LogP contribution in [0.4, 0.5) is 9.59 Å². The maximum Gasteiger partial charge on any atom is 0.408 e. The summed E-state index contributed by atoms with van der Waals surface area (Å²) in [5, 5.41) is 7.36. The van der Waals surface area contributed by atoms with E-state index >= 15 is 0 Å². The molecule has 318 valence electrons. The molecule has 4 rings (SSSR count). The second-order valence-electron chi connectivity index (χ2n) is 17.4. The molecule has 58 heavy (non-hydrogen) atoms. The van der Waals surface area contributed by atoms with Crippen LogP contribution in [0.15, 0.2) is 48.8 Å². The first-order valence-electron chi connectivity index (χ1n) is 19.9. The van der Waals surface area contributed by atoms with E-state index in [1.807, 2.05) is 70.8 Å². The number of ether oxygens (including phenoxy) is 4. The fourth-order valence-corrected chi connectivity index (χ4v) is 6.72. The molecular weight excluding hydrogens is 741 g/mol. The van der Waals surface area contributed by atoms with Crippen molar-refractivity contribution < 1.29 is 38.1 Å². The van der Waals surface area contributed by atoms with Gasteiger partial charge in [-0.15, -0.1) is 0 Å². The Hall–Kier alpha value is -5.08. The number of carbonyl (C=O) groups excluding carboxylic acids is 4. The zero-order valence-electron chi connectivity index (χ0n) is 36.6. The fourth-order valence-electron chi connectivity index (χ4n) is 6.72. The van der Waals surface area contributed by atoms with Gasteiger partial charge in [0.05, 0.1) is 25.3 Å². The molecule has 14 heteroatoms. The van der Waals surface area contributed by atoms with Crippen LogP contribution in [0, 0.1) is 5.92 Å². The number of benzene rings is 2. The van der Waals surface area contributed by atoms with Crippen LogP contribution in [0.5, 0.6) is 11.5 Å². The van der Waals surface area contributed by atoms with Gasteiger partial charge in [-0.05, 0) is 149 Å². The molecule has 0 spiro atoms. The summed E-state index contributed by atoms with van der Waals surface area (Å²) >= 11 is 0. The lowest BCUT2D eigenvalue weighted by atomic mass is 9.97. The quantitative estimate of drug-likeness (QED) is 0.121. The summed E-state index contributed by atoms with van der Waals surface area (Å²) in [5.74, 6) is 0.528. The molecular formula is C44H64N6O8. The summed E-state index contributed by atoms with van der Waals surface area (Å²) in [5.41, 5.74) is 1.94. The van der Waals surface area contributed by atoms with Crippen molar-refractivity contribution in [2.45, 2.75) is 97.9 Å². The number of hydrogen-bond acceptors (Lipinski definition) is 10. The van der Waals surface area contributed by atoms with Crippen LogP contribution in [0.2, 0.25) is 0 Å². The van der Waals surface area contributed by atoms with Gasteiger partial charge >= 0.3 is 12.2 Å². The highest BCUT2D eigenvalue weighted by Gasteiger charge is 2.32. The number of hydrogen-bond donors (Lipinski definition) is 2. The molecule has 2 heterocycles. The summed E-state index contributed by atoms with van der Waals surface area (Å²) in [7, 11) is 9.24. The summed E-state index contributed by atoms with van der Waals surface area (Å²) < 4.78 is 25.2. The topological polar surface area (TPSA) is 146 Å². The van der Waals surface area contributed by atoms with Gasteiger partial charge in [-0.25, -0.2) is 9.59 Å². The number of amides is 2. The second kappa shape index (κ2) is 19.1. The van der Waals surface area contributed by atoms with Crippen molar-refractivity contribution in [1.82, 2.24) is 29.6 Å². The van der Waals surface area contributed by atoms with Gasteiger partial charge in [-0.2, -0.15) is 0 Å². The zero-order valence-corrected chi connectivity index (χ0v) is 36.6. The van der Waals surface area contributed by atoms with E-state index in [1.165, 1.54) is 0 Å². The number of aromatic nitrogens is 2. The van der Waals surface area contributed by atoms with Gasteiger partial charge in [0, 0.05) is 36.3 Å². The second-order valence-corrected chi connectivity index (χ2v) is 17.4. The third-order valence-corrected chi connectivity index (χ3v) is 9.83. The molecule has 0 saturated carbocycles. The van der Waals surface area contributed by atoms with Crippen molar-refractivity contribution >= 4 is 45.8 Å². The van der Waals surface area contributed by atoms with Crippen LogP contribution < -0.4 is 20.1 Å². The van der Waals surface area contributed by atoms with Gasteiger partial charge < -0.3 is 39.4 Å². The lowest BCUT2D eigenvalue weighted by Gasteiger charge is -2.28. The number of nitrogens with zero attached hydrogens (tertiary/aromatic N) is 4. The van der Waals surface area contributed by atoms with E-state index in [4.69, 9.17) is 18.9 Å². The molecule has 3 unspecified atom stereocenters. The Kier molecular flexibility index (Phi) is 15.0. The minimum atomic E-state index is -0.879. The SMILES string of the molecule is COc1ccc2c(c1)c(CCN(C)CCC(C)C(NC(=O)OC(C)(C)C)C(=O)n1cc(CCN(C)C)c3cc(OC)ccc31)cn2C(=O)C(C)NC(=O)OC(C)(C)C. The van der Waals surface area contributed by atoms with E-state index in [0.717, 1.165) is 40.4 Å². The number of methoxy groups -OCH3 is 2. The predicted octanol–water partition coefficient (Wildman–Crippen LogP) is 7.00. The average molecular weight is 805 g/mol. The highest BCUT2D eigenvalue weighted by Crippen LogP contribution is 2.29. The monoisotopic (exact) mass is 804 g/mol. The van der Waals surface area contributed by atoms with E-state index in [1.54, 1.807) is 77.9 Å². The van der Waals surface area contributed by atoms with Crippen LogP contribution in [0.25, 0.3) is 21.8 Å². The lowest BCUT2D eigenvalue weighted by Crippen LogP contribution is -2.49. The van der Waals surface area contributed by atoms with E-state index in [9.17, 15) is 19.2 Å². The van der Waals surface area contributed by atoms with Crippen molar-refractivity contribution in [2.75, 3.05) is 55.0 Å². The van der Waals surface area contributed by atoms with Gasteiger partial charge in [-0.3, -0.25) is 18.7 Å². The van der Waals surface area contributed by atoms with Gasteiger partial charge in [0.15, 0.2) is 0 Å². The maximum absolute atomic E-state index is 14.5. The molecule has 2 aromatic carbocycles. The molecule has 14 nitrogen and oxygen atoms in total. The third kappa shape index (κ3) is 12.2. The molecule has 0 saturated heterocycles. The normalized spacial score (nSPS) is 13.7. The molecule has 0 bridgehead atoms. The Labute approximate surface area is 343 Å². The van der Waals surface area contributed by atoms with Gasteiger partial charge in [-0.1, -0.05) is 6.92 Å². The van der Waals surface area contributed by atoms with Gasteiger partial charge in [0.2, 0.25) is 0 Å². The van der Waals surface area contributed by atoms with E-state index < -0.39 is 35.5 Å². The van der Waals surface area contributed by atoms with Crippen molar-refractivity contribution in [2.24, 2.45) is 5.92 Å². The number of likely N-dealkylation sites (N-methyl/N-ethyl adjacent to an activating group) is 2. The molecule has 0 aliphatic carbocycles. The number of alkyl carbamates (subject to hydrolysis) is 2. The summed E-state index contributed by atoms with van der Waals surface area (Å²) in [6.45, 7) is 16.3. The summed E-state index contributed by atoms with van der Waals surface area (Å²) in [4.78, 5) is 58.1. The Morgan fingerprint density at radius 1 is 0.672 bits per heavy atom. The third-order valence-electron chi connectivity index (χ3n) is 9.83. The standard InChI is InChI=1S/C44H64N6O8/c1-28(38(46-42(54)58-44(6,7)8)40(52)50-27-30(19-21-47(9)10)34-24-33(56-13)15-17-37(34)50)18-22-48(11)23-20-31-26-49(36-16-14-32(55-12)25-35(31)36)39(51)29(2)45-41(53)57-43(3,4)5/h14-17,24-29,38H,18-23H2,1-13H3,(H,45,53)(H,46,54). The Morgan fingerprint density at radius 3 is 1.60 bits per heavy atom. The molecule has 0 aliphatic rings. The average Bonchev–Trinajstić information content (AvgIpc) is 3.69. The predicted molar refractivity (Wildman–Crippen MR) is 227 cm³/mol. The minimum Gasteiger partial charge on any atom is -0.497 e. The number of rotatable bonds is 16. The highest BCUT2D eigenvalue weighted by atomic mass is 16.6. The first kappa shape index (κ1) is 45.6. The van der Waals surface area contributed by atoms with E-state index in [0.29, 0.717) is 42.9 Å². The highest BCUT2D eigenvalue weighted by molar-refractivity contribution is 5.99. The van der Waals surface area contributed by atoms with Crippen LogP contribution in [0.1, 0.15) is 82.5 Å². The van der Waals surface area contributed by atoms with Crippen molar-refractivity contribution in [1.29, 1.82) is 0 Å². The number of nitrogens with one attached hydrogen (secondary N) is 2. The maximum atomic E-state index is 14.5. The van der Waals surface area contributed by atoms with Crippen LogP contribution >= 0.6 is 0 Å². The Bertz CT molecular complexity index is 2070. The number of fused-ring (bicyclic) bond motifs is 2. The smallest absolute Gasteiger partial charge is 0.408 e. The van der Waals surface area contributed by atoms with Crippen molar-refractivity contribution in [3.05, 3.63) is 59.9 Å². The zero-order chi connectivity index (χ0) is 43.1. The van der Waals surface area contributed by atoms with E-state index in [-0.39, 0.29) is 17.7 Å². The van der Waals surface area contributed by atoms with Gasteiger partial charge in [0.25, 0.3) is 11.8 Å². The first-order valence-corrected chi connectivity index (χ1v) is 19.9. The molecule has 0 radical (unpaired) electrons. The molecule has 4 aromatic rings. The van der Waals surface area contributed by atoms with Crippen molar-refractivity contribution in [3.63, 3.8) is 0 Å². The lowest BCUT2D eigenvalue weighted by molar-refractivity contribution is 0.0456. The minimum absolute atomic E-state index is 0.255. The van der Waals surface area contributed by atoms with E-state index in [2.05, 4.69) is 20.4 Å². The number of carbonyl (C=O) groups is 4. The molecule has 0 fully saturated rings. The van der Waals surface area contributed by atoms with Crippen molar-refractivity contribution in [3.8, 4) is 11.5 Å². The van der Waals surface area contributed by atoms with Gasteiger partial charge in [0.1, 0.15) is 34.8 Å². The molecule has 2 aromatic heterocycles. The summed E-state index contributed by atoms with van der Waals surface area (Å²) in [6, 6.07) is 9.50. The summed E-state index contributed by atoms with van der Waals surface area (Å²) in [6.07, 6.45) is 4.29. The fraction of sp³-hybridized carbons (Fsp3) is 0.545. The molecule has 2 amide bonds. The first-order chi connectivity index (χ1) is 27.1. The Balaban J connectivity index is 1.54. The molecule has 2 N–H and O–H groups in total. The van der Waals surface area contributed by atoms with Crippen LogP contribution in [-0.2, 0) is 22.3 Å². The molecule has 3 atom stereocenters. The van der Waals surface area contributed by atoms with Crippen LogP contribution in [0.3, 0.4) is 0 Å². The Morgan fingerprint density at radius 2 is 1.14 bits per heavy atom. The van der Waals surface area contributed by atoms with Crippen LogP contribution in [-0.4, -0.2) is 121 Å². The molecule has 0 aliphatic heterocycles.